The van der Waals surface area contributed by atoms with Crippen LogP contribution in [-0.4, -0.2) is 58.8 Å². The Morgan fingerprint density at radius 3 is 2.72 bits per heavy atom. The van der Waals surface area contributed by atoms with Crippen molar-refractivity contribution in [3.05, 3.63) is 47.4 Å². The van der Waals surface area contributed by atoms with Crippen LogP contribution in [0, 0.1) is 11.6 Å². The number of likely N-dealkylation sites (tertiary alicyclic amines) is 1. The van der Waals surface area contributed by atoms with Crippen molar-refractivity contribution >= 4 is 17.6 Å². The van der Waals surface area contributed by atoms with E-state index in [4.69, 9.17) is 4.74 Å². The van der Waals surface area contributed by atoms with E-state index in [1.54, 1.807) is 30.0 Å². The third kappa shape index (κ3) is 5.68. The fraction of sp³-hybridized carbons (Fsp3) is 0.455. The first-order valence-electron chi connectivity index (χ1n) is 10.4. The Hall–Kier alpha value is -3.30. The van der Waals surface area contributed by atoms with Gasteiger partial charge in [0, 0.05) is 39.7 Å². The van der Waals surface area contributed by atoms with E-state index in [9.17, 15) is 18.4 Å². The van der Waals surface area contributed by atoms with Crippen LogP contribution in [0.3, 0.4) is 0 Å². The van der Waals surface area contributed by atoms with Crippen molar-refractivity contribution in [2.45, 2.75) is 38.8 Å². The van der Waals surface area contributed by atoms with E-state index in [-0.39, 0.29) is 30.2 Å². The van der Waals surface area contributed by atoms with Crippen LogP contribution >= 0.6 is 0 Å². The van der Waals surface area contributed by atoms with Gasteiger partial charge in [-0.1, -0.05) is 0 Å². The van der Waals surface area contributed by atoms with Gasteiger partial charge in [0.05, 0.1) is 18.3 Å². The van der Waals surface area contributed by atoms with E-state index in [0.29, 0.717) is 42.9 Å². The second-order valence-electron chi connectivity index (χ2n) is 7.69. The second kappa shape index (κ2) is 10.3. The van der Waals surface area contributed by atoms with E-state index in [1.165, 1.54) is 6.92 Å². The molecule has 10 heteroatoms. The summed E-state index contributed by atoms with van der Waals surface area (Å²) in [7, 11) is 3.42. The molecule has 0 bridgehead atoms. The summed E-state index contributed by atoms with van der Waals surface area (Å²) in [6.45, 7) is 1.90. The highest BCUT2D eigenvalue weighted by Crippen LogP contribution is 2.30. The van der Waals surface area contributed by atoms with Crippen LogP contribution in [0.1, 0.15) is 43.7 Å². The van der Waals surface area contributed by atoms with Gasteiger partial charge < -0.3 is 19.9 Å². The minimum absolute atomic E-state index is 0.0872. The van der Waals surface area contributed by atoms with E-state index >= 15 is 0 Å². The molecule has 2 heterocycles. The van der Waals surface area contributed by atoms with Crippen LogP contribution in [0.15, 0.2) is 24.3 Å². The van der Waals surface area contributed by atoms with Crippen LogP contribution in [0.4, 0.5) is 14.6 Å². The predicted molar refractivity (Wildman–Crippen MR) is 114 cm³/mol. The highest BCUT2D eigenvalue weighted by Gasteiger charge is 2.31. The summed E-state index contributed by atoms with van der Waals surface area (Å²) in [5, 5.41) is 3.00. The first-order chi connectivity index (χ1) is 15.3. The number of rotatable bonds is 7. The molecule has 0 unspecified atom stereocenters. The molecule has 32 heavy (non-hydrogen) atoms. The van der Waals surface area contributed by atoms with Gasteiger partial charge in [-0.25, -0.2) is 18.7 Å². The smallest absolute Gasteiger partial charge is 0.261 e. The fourth-order valence-corrected chi connectivity index (χ4v) is 3.54. The molecule has 8 nitrogen and oxygen atoms in total. The van der Waals surface area contributed by atoms with Crippen molar-refractivity contribution in [2.75, 3.05) is 32.6 Å². The molecule has 0 spiro atoms. The lowest BCUT2D eigenvalue weighted by atomic mass is 10.0. The number of hydrogen-bond acceptors (Lipinski definition) is 6. The third-order valence-corrected chi connectivity index (χ3v) is 5.36. The molecule has 1 fully saturated rings. The van der Waals surface area contributed by atoms with Crippen LogP contribution in [0.25, 0.3) is 0 Å². The summed E-state index contributed by atoms with van der Waals surface area (Å²) in [6, 6.07) is 4.33. The Morgan fingerprint density at radius 1 is 1.25 bits per heavy atom. The Labute approximate surface area is 185 Å². The summed E-state index contributed by atoms with van der Waals surface area (Å²) in [5.74, 6) is -1.12. The highest BCUT2D eigenvalue weighted by atomic mass is 19.1. The molecule has 1 saturated heterocycles. The van der Waals surface area contributed by atoms with Crippen LogP contribution in [0.2, 0.25) is 0 Å². The van der Waals surface area contributed by atoms with Crippen LogP contribution in [0.5, 0.6) is 5.75 Å². The zero-order chi connectivity index (χ0) is 23.3. The van der Waals surface area contributed by atoms with Crippen molar-refractivity contribution in [3.8, 4) is 5.75 Å². The fourth-order valence-electron chi connectivity index (χ4n) is 3.54. The molecule has 3 rings (SSSR count). The van der Waals surface area contributed by atoms with Gasteiger partial charge in [0.15, 0.2) is 24.0 Å². The summed E-state index contributed by atoms with van der Waals surface area (Å²) in [4.78, 5) is 36.9. The highest BCUT2D eigenvalue weighted by molar-refractivity contribution is 5.78. The first-order valence-corrected chi connectivity index (χ1v) is 10.4. The standard InChI is InChI=1S/C22H27F2N5O3/c1-14(30)28(3)12-16-11-20(25-2)27-22(26-16)18-6-4-5-9-29(18)21(31)13-32-19-8-7-15(23)10-17(19)24/h7-8,10-11,18H,4-6,9,12-13H2,1-3H3,(H,25,26,27)/t18-/m1/s1. The summed E-state index contributed by atoms with van der Waals surface area (Å²) < 4.78 is 32.2. The van der Waals surface area contributed by atoms with Gasteiger partial charge >= 0.3 is 0 Å². The zero-order valence-electron chi connectivity index (χ0n) is 18.4. The number of hydrogen-bond donors (Lipinski definition) is 1. The number of aromatic nitrogens is 2. The van der Waals surface area contributed by atoms with Crippen molar-refractivity contribution in [1.29, 1.82) is 0 Å². The van der Waals surface area contributed by atoms with Gasteiger partial charge in [-0.15, -0.1) is 0 Å². The van der Waals surface area contributed by atoms with Gasteiger partial charge in [-0.05, 0) is 31.4 Å². The Balaban J connectivity index is 1.79. The van der Waals surface area contributed by atoms with Crippen LogP contribution in [-0.2, 0) is 16.1 Å². The molecule has 2 amide bonds. The topological polar surface area (TPSA) is 87.7 Å². The SMILES string of the molecule is CNc1cc(CN(C)C(C)=O)nc([C@H]2CCCCN2C(=O)COc2ccc(F)cc2F)n1. The minimum atomic E-state index is -0.864. The first kappa shape index (κ1) is 23.4. The molecule has 2 aromatic rings. The summed E-state index contributed by atoms with van der Waals surface area (Å²) in [5.41, 5.74) is 0.652. The average molecular weight is 447 g/mol. The van der Waals surface area contributed by atoms with E-state index in [1.807, 2.05) is 0 Å². The Kier molecular flexibility index (Phi) is 7.55. The average Bonchev–Trinajstić information content (AvgIpc) is 2.78. The molecule has 0 aliphatic carbocycles. The Bertz CT molecular complexity index is 988. The maximum Gasteiger partial charge on any atom is 0.261 e. The van der Waals surface area contributed by atoms with Crippen LogP contribution < -0.4 is 10.1 Å². The normalized spacial score (nSPS) is 15.9. The largest absolute Gasteiger partial charge is 0.481 e. The molecule has 0 radical (unpaired) electrons. The molecule has 1 N–H and O–H groups in total. The second-order valence-corrected chi connectivity index (χ2v) is 7.69. The van der Waals surface area contributed by atoms with E-state index in [2.05, 4.69) is 15.3 Å². The molecule has 1 aromatic carbocycles. The zero-order valence-corrected chi connectivity index (χ0v) is 18.4. The monoisotopic (exact) mass is 447 g/mol. The van der Waals surface area contributed by atoms with E-state index in [0.717, 1.165) is 25.0 Å². The molecular weight excluding hydrogens is 420 g/mol. The number of carbonyl (C=O) groups excluding carboxylic acids is 2. The van der Waals surface area contributed by atoms with Gasteiger partial charge in [0.1, 0.15) is 11.6 Å². The lowest BCUT2D eigenvalue weighted by Crippen LogP contribution is -2.42. The number of amides is 2. The van der Waals surface area contributed by atoms with Crippen molar-refractivity contribution in [2.24, 2.45) is 0 Å². The van der Waals surface area contributed by atoms with Gasteiger partial charge in [-0.3, -0.25) is 9.59 Å². The number of halogens is 2. The number of piperidine rings is 1. The third-order valence-electron chi connectivity index (χ3n) is 5.36. The molecular formula is C22H27F2N5O3. The quantitative estimate of drug-likeness (QED) is 0.702. The van der Waals surface area contributed by atoms with Gasteiger partial charge in [0.2, 0.25) is 5.91 Å². The predicted octanol–water partition coefficient (Wildman–Crippen LogP) is 2.91. The maximum atomic E-state index is 13.8. The molecule has 1 atom stereocenters. The summed E-state index contributed by atoms with van der Waals surface area (Å²) >= 11 is 0. The summed E-state index contributed by atoms with van der Waals surface area (Å²) in [6.07, 6.45) is 2.39. The molecule has 1 aromatic heterocycles. The number of benzene rings is 1. The lowest BCUT2D eigenvalue weighted by Gasteiger charge is -2.35. The number of ether oxygens (including phenoxy) is 1. The van der Waals surface area contributed by atoms with Crippen molar-refractivity contribution < 1.29 is 23.1 Å². The lowest BCUT2D eigenvalue weighted by molar-refractivity contribution is -0.137. The number of nitrogens with zero attached hydrogens (tertiary/aromatic N) is 4. The maximum absolute atomic E-state index is 13.8. The van der Waals surface area contributed by atoms with E-state index < -0.39 is 11.6 Å². The molecule has 1 aliphatic heterocycles. The molecule has 172 valence electrons. The molecule has 0 saturated carbocycles. The van der Waals surface area contributed by atoms with Crippen molar-refractivity contribution in [3.63, 3.8) is 0 Å². The number of carbonyl (C=O) groups is 2. The minimum Gasteiger partial charge on any atom is -0.481 e. The molecule has 1 aliphatic rings. The Morgan fingerprint density at radius 2 is 2.03 bits per heavy atom. The van der Waals surface area contributed by atoms with Gasteiger partial charge in [0.25, 0.3) is 5.91 Å². The number of nitrogens with one attached hydrogen (secondary N) is 1. The number of anilines is 1. The van der Waals surface area contributed by atoms with Gasteiger partial charge in [-0.2, -0.15) is 0 Å². The van der Waals surface area contributed by atoms with Crippen molar-refractivity contribution in [1.82, 2.24) is 19.8 Å².